The summed E-state index contributed by atoms with van der Waals surface area (Å²) in [5.74, 6) is 1.77. The molecule has 0 aliphatic heterocycles. The zero-order chi connectivity index (χ0) is 8.72. The first-order valence-corrected chi connectivity index (χ1v) is 4.84. The summed E-state index contributed by atoms with van der Waals surface area (Å²) in [6.45, 7) is 5.50. The standard InChI is InChI=1S/C9H14N2S/c1-6-3-8(6)5-11-7(2)4-10-9(11)12/h4,6,8H,3,5H2,1-2H3,(H,10,12). The number of H-pyrrole nitrogens is 1. The van der Waals surface area contributed by atoms with Crippen LogP contribution >= 0.6 is 12.2 Å². The average molecular weight is 182 g/mol. The molecule has 0 saturated heterocycles. The minimum Gasteiger partial charge on any atom is -0.337 e. The maximum atomic E-state index is 5.17. The highest BCUT2D eigenvalue weighted by Crippen LogP contribution is 2.39. The van der Waals surface area contributed by atoms with E-state index in [4.69, 9.17) is 12.2 Å². The second kappa shape index (κ2) is 2.73. The Hall–Kier alpha value is -0.570. The Morgan fingerprint density at radius 2 is 2.42 bits per heavy atom. The van der Waals surface area contributed by atoms with E-state index in [0.717, 1.165) is 23.2 Å². The van der Waals surface area contributed by atoms with Crippen molar-refractivity contribution >= 4 is 12.2 Å². The Balaban J connectivity index is 2.17. The summed E-state index contributed by atoms with van der Waals surface area (Å²) < 4.78 is 3.07. The Morgan fingerprint density at radius 1 is 1.75 bits per heavy atom. The predicted molar refractivity (Wildman–Crippen MR) is 51.6 cm³/mol. The average Bonchev–Trinajstić information content (AvgIpc) is 2.63. The predicted octanol–water partition coefficient (Wildman–Crippen LogP) is 2.51. The van der Waals surface area contributed by atoms with E-state index in [-0.39, 0.29) is 0 Å². The van der Waals surface area contributed by atoms with Crippen LogP contribution in [-0.2, 0) is 6.54 Å². The van der Waals surface area contributed by atoms with Gasteiger partial charge in [-0.1, -0.05) is 6.92 Å². The molecule has 1 aliphatic rings. The maximum absolute atomic E-state index is 5.17. The quantitative estimate of drug-likeness (QED) is 0.697. The van der Waals surface area contributed by atoms with Gasteiger partial charge in [0.05, 0.1) is 0 Å². The molecular weight excluding hydrogens is 168 g/mol. The monoisotopic (exact) mass is 182 g/mol. The van der Waals surface area contributed by atoms with Crippen molar-refractivity contribution in [3.63, 3.8) is 0 Å². The third kappa shape index (κ3) is 1.33. The zero-order valence-electron chi connectivity index (χ0n) is 7.50. The first-order chi connectivity index (χ1) is 5.68. The molecule has 2 unspecified atom stereocenters. The molecule has 0 spiro atoms. The van der Waals surface area contributed by atoms with E-state index in [0.29, 0.717) is 0 Å². The molecule has 0 aromatic carbocycles. The molecule has 0 bridgehead atoms. The minimum absolute atomic E-state index is 0.867. The van der Waals surface area contributed by atoms with Crippen molar-refractivity contribution in [2.24, 2.45) is 11.8 Å². The molecule has 1 heterocycles. The van der Waals surface area contributed by atoms with Gasteiger partial charge in [0.15, 0.2) is 4.77 Å². The van der Waals surface area contributed by atoms with Crippen molar-refractivity contribution in [3.8, 4) is 0 Å². The van der Waals surface area contributed by atoms with Crippen LogP contribution in [0.25, 0.3) is 0 Å². The van der Waals surface area contributed by atoms with Crippen LogP contribution in [0.3, 0.4) is 0 Å². The maximum Gasteiger partial charge on any atom is 0.177 e. The van der Waals surface area contributed by atoms with E-state index in [2.05, 4.69) is 23.4 Å². The van der Waals surface area contributed by atoms with Crippen molar-refractivity contribution < 1.29 is 0 Å². The Bertz CT molecular complexity index is 337. The van der Waals surface area contributed by atoms with Gasteiger partial charge in [0.25, 0.3) is 0 Å². The molecule has 0 amide bonds. The van der Waals surface area contributed by atoms with Crippen LogP contribution in [0.2, 0.25) is 0 Å². The number of rotatable bonds is 2. The van der Waals surface area contributed by atoms with Crippen molar-refractivity contribution in [1.82, 2.24) is 9.55 Å². The number of nitrogens with zero attached hydrogens (tertiary/aromatic N) is 1. The molecule has 1 fully saturated rings. The van der Waals surface area contributed by atoms with Gasteiger partial charge in [-0.25, -0.2) is 0 Å². The smallest absolute Gasteiger partial charge is 0.177 e. The van der Waals surface area contributed by atoms with Crippen LogP contribution in [-0.4, -0.2) is 9.55 Å². The van der Waals surface area contributed by atoms with Gasteiger partial charge in [-0.15, -0.1) is 0 Å². The highest BCUT2D eigenvalue weighted by atomic mass is 32.1. The molecule has 2 atom stereocenters. The molecule has 1 N–H and O–H groups in total. The number of aromatic nitrogens is 2. The lowest BCUT2D eigenvalue weighted by molar-refractivity contribution is 0.577. The summed E-state index contributed by atoms with van der Waals surface area (Å²) in [7, 11) is 0. The summed E-state index contributed by atoms with van der Waals surface area (Å²) in [5, 5.41) is 0. The summed E-state index contributed by atoms with van der Waals surface area (Å²) in [4.78, 5) is 3.06. The van der Waals surface area contributed by atoms with E-state index in [1.54, 1.807) is 0 Å². The van der Waals surface area contributed by atoms with Crippen molar-refractivity contribution in [3.05, 3.63) is 16.7 Å². The molecule has 1 aliphatic carbocycles. The minimum atomic E-state index is 0.867. The number of imidazole rings is 1. The molecule has 12 heavy (non-hydrogen) atoms. The fourth-order valence-corrected chi connectivity index (χ4v) is 1.87. The van der Waals surface area contributed by atoms with Gasteiger partial charge in [0, 0.05) is 18.4 Å². The Morgan fingerprint density at radius 3 is 2.83 bits per heavy atom. The van der Waals surface area contributed by atoms with Gasteiger partial charge in [0.1, 0.15) is 0 Å². The van der Waals surface area contributed by atoms with Crippen molar-refractivity contribution in [1.29, 1.82) is 0 Å². The van der Waals surface area contributed by atoms with E-state index in [9.17, 15) is 0 Å². The summed E-state index contributed by atoms with van der Waals surface area (Å²) in [6.07, 6.45) is 3.35. The van der Waals surface area contributed by atoms with Gasteiger partial charge < -0.3 is 9.55 Å². The number of aromatic amines is 1. The SMILES string of the molecule is Cc1c[nH]c(=S)n1CC1CC1C. The Labute approximate surface area is 77.6 Å². The number of nitrogens with one attached hydrogen (secondary N) is 1. The largest absolute Gasteiger partial charge is 0.337 e. The third-order valence-corrected chi connectivity index (χ3v) is 3.11. The van der Waals surface area contributed by atoms with Gasteiger partial charge in [-0.05, 0) is 37.4 Å². The van der Waals surface area contributed by atoms with Gasteiger partial charge in [0.2, 0.25) is 0 Å². The Kier molecular flexibility index (Phi) is 1.83. The molecule has 0 radical (unpaired) electrons. The first kappa shape index (κ1) is 8.05. The molecule has 1 aromatic heterocycles. The fraction of sp³-hybridized carbons (Fsp3) is 0.667. The number of hydrogen-bond donors (Lipinski definition) is 1. The summed E-state index contributed by atoms with van der Waals surface area (Å²) >= 11 is 5.17. The second-order valence-electron chi connectivity index (χ2n) is 3.82. The fourth-order valence-electron chi connectivity index (χ4n) is 1.60. The zero-order valence-corrected chi connectivity index (χ0v) is 8.32. The highest BCUT2D eigenvalue weighted by molar-refractivity contribution is 7.71. The summed E-state index contributed by atoms with van der Waals surface area (Å²) in [5.41, 5.74) is 1.25. The topological polar surface area (TPSA) is 20.7 Å². The van der Waals surface area contributed by atoms with Crippen molar-refractivity contribution in [2.75, 3.05) is 0 Å². The molecular formula is C9H14N2S. The first-order valence-electron chi connectivity index (χ1n) is 4.43. The molecule has 2 rings (SSSR count). The molecule has 2 nitrogen and oxygen atoms in total. The lowest BCUT2D eigenvalue weighted by atomic mass is 10.3. The molecule has 1 saturated carbocycles. The van der Waals surface area contributed by atoms with Crippen LogP contribution in [0.4, 0.5) is 0 Å². The van der Waals surface area contributed by atoms with Crippen LogP contribution in [0.15, 0.2) is 6.20 Å². The van der Waals surface area contributed by atoms with E-state index < -0.39 is 0 Å². The normalized spacial score (nSPS) is 27.5. The highest BCUT2D eigenvalue weighted by Gasteiger charge is 2.32. The number of hydrogen-bond acceptors (Lipinski definition) is 1. The van der Waals surface area contributed by atoms with E-state index in [1.807, 2.05) is 6.20 Å². The van der Waals surface area contributed by atoms with Crippen LogP contribution < -0.4 is 0 Å². The van der Waals surface area contributed by atoms with Gasteiger partial charge in [-0.2, -0.15) is 0 Å². The molecule has 1 aromatic rings. The van der Waals surface area contributed by atoms with Gasteiger partial charge >= 0.3 is 0 Å². The van der Waals surface area contributed by atoms with E-state index >= 15 is 0 Å². The summed E-state index contributed by atoms with van der Waals surface area (Å²) in [6, 6.07) is 0. The van der Waals surface area contributed by atoms with Crippen molar-refractivity contribution in [2.45, 2.75) is 26.8 Å². The third-order valence-electron chi connectivity index (χ3n) is 2.77. The van der Waals surface area contributed by atoms with Crippen LogP contribution in [0.1, 0.15) is 19.0 Å². The molecule has 66 valence electrons. The van der Waals surface area contributed by atoms with Crippen LogP contribution in [0.5, 0.6) is 0 Å². The second-order valence-corrected chi connectivity index (χ2v) is 4.21. The van der Waals surface area contributed by atoms with E-state index in [1.165, 1.54) is 12.1 Å². The lowest BCUT2D eigenvalue weighted by Gasteiger charge is -2.02. The number of aryl methyl sites for hydroxylation is 1. The van der Waals surface area contributed by atoms with Gasteiger partial charge in [-0.3, -0.25) is 0 Å². The van der Waals surface area contributed by atoms with Crippen LogP contribution in [0, 0.1) is 23.5 Å². The molecule has 3 heteroatoms. The lowest BCUT2D eigenvalue weighted by Crippen LogP contribution is -2.02.